The number of pyridine rings is 1. The van der Waals surface area contributed by atoms with Gasteiger partial charge >= 0.3 is 0 Å². The number of hydrogen-bond donors (Lipinski definition) is 0. The van der Waals surface area contributed by atoms with Crippen LogP contribution in [0.3, 0.4) is 0 Å². The van der Waals surface area contributed by atoms with Crippen LogP contribution in [0.15, 0.2) is 95.4 Å². The fourth-order valence-electron chi connectivity index (χ4n) is 6.26. The lowest BCUT2D eigenvalue weighted by molar-refractivity contribution is -0.633. The molecule has 0 aliphatic rings. The number of nitrogens with zero attached hydrogens (tertiary/aromatic N) is 3. The quantitative estimate of drug-likeness (QED) is 0.192. The molecule has 0 fully saturated rings. The lowest BCUT2D eigenvalue weighted by atomic mass is 9.92. The first-order valence-corrected chi connectivity index (χ1v) is 14.4. The molecule has 7 rings (SSSR count). The van der Waals surface area contributed by atoms with E-state index in [2.05, 4.69) is 4.98 Å². The molecule has 0 radical (unpaired) electrons. The smallest absolute Gasteiger partial charge is 0.299 e. The van der Waals surface area contributed by atoms with Gasteiger partial charge in [0, 0.05) is 38.6 Å². The topological polar surface area (TPSA) is 34.8 Å². The zero-order chi connectivity index (χ0) is 36.8. The number of furan rings is 1. The van der Waals surface area contributed by atoms with Gasteiger partial charge in [0.15, 0.2) is 16.6 Å². The Hall–Kier alpha value is -4.70. The third-order valence-electron chi connectivity index (χ3n) is 8.36. The van der Waals surface area contributed by atoms with E-state index in [1.54, 1.807) is 18.2 Å². The van der Waals surface area contributed by atoms with Gasteiger partial charge in [-0.1, -0.05) is 88.2 Å². The molecule has 4 nitrogen and oxygen atoms in total. The molecule has 0 aliphatic heterocycles. The van der Waals surface area contributed by atoms with Gasteiger partial charge in [0.1, 0.15) is 11.3 Å². The summed E-state index contributed by atoms with van der Waals surface area (Å²) < 4.78 is 80.1. The van der Waals surface area contributed by atoms with Gasteiger partial charge in [-0.3, -0.25) is 0 Å². The van der Waals surface area contributed by atoms with Crippen LogP contribution in [0.1, 0.15) is 72.7 Å². The zero-order valence-electron chi connectivity index (χ0n) is 32.9. The first-order chi connectivity index (χ1) is 23.8. The second-order valence-corrected chi connectivity index (χ2v) is 11.3. The van der Waals surface area contributed by atoms with Gasteiger partial charge in [0.05, 0.1) is 7.05 Å². The molecule has 0 bridgehead atoms. The minimum Gasteiger partial charge on any atom is -0.437 e. The molecule has 214 valence electrons. The van der Waals surface area contributed by atoms with Crippen molar-refractivity contribution in [2.45, 2.75) is 53.2 Å². The number of hydrogen-bond acceptors (Lipinski definition) is 2. The Morgan fingerprint density at radius 2 is 1.53 bits per heavy atom. The van der Waals surface area contributed by atoms with Crippen molar-refractivity contribution in [2.24, 2.45) is 7.05 Å². The van der Waals surface area contributed by atoms with Gasteiger partial charge in [-0.2, -0.15) is 4.57 Å². The van der Waals surface area contributed by atoms with Gasteiger partial charge in [-0.05, 0) is 72.7 Å². The van der Waals surface area contributed by atoms with Crippen molar-refractivity contribution in [1.29, 1.82) is 0 Å². The molecule has 2 unspecified atom stereocenters. The average Bonchev–Trinajstić information content (AvgIpc) is 3.57. The minimum absolute atomic E-state index is 0.0679. The Morgan fingerprint density at radius 3 is 2.26 bits per heavy atom. The van der Waals surface area contributed by atoms with Crippen molar-refractivity contribution >= 4 is 33.1 Å². The summed E-state index contributed by atoms with van der Waals surface area (Å²) >= 11 is 0. The Labute approximate surface area is 264 Å². The highest BCUT2D eigenvalue weighted by atomic mass is 16.3. The third-order valence-corrected chi connectivity index (χ3v) is 8.36. The first kappa shape index (κ1) is 19.5. The summed E-state index contributed by atoms with van der Waals surface area (Å²) in [7, 11) is 1.90. The SMILES string of the molecule is [2H]C([2H])([2H])C([2H])(C)c1cccc(C([2H])(C)C([2H])([2H])[2H])c1-n1c(-c2c(C)ccc3c2oc2nc(C)ccc23)[n+](C)c2ccc(-c3ccccc3)cc21. The Morgan fingerprint density at radius 1 is 0.814 bits per heavy atom. The first-order valence-electron chi connectivity index (χ1n) is 18.4. The molecule has 2 atom stereocenters. The molecule has 43 heavy (non-hydrogen) atoms. The number of aryl methyl sites for hydroxylation is 3. The van der Waals surface area contributed by atoms with Crippen molar-refractivity contribution in [2.75, 3.05) is 0 Å². The average molecular weight is 573 g/mol. The molecule has 4 aromatic carbocycles. The molecule has 0 N–H and O–H groups in total. The highest BCUT2D eigenvalue weighted by Crippen LogP contribution is 2.42. The normalized spacial score (nSPS) is 18.1. The van der Waals surface area contributed by atoms with Crippen LogP contribution in [-0.2, 0) is 7.05 Å². The predicted octanol–water partition coefficient (Wildman–Crippen LogP) is 9.95. The number of rotatable bonds is 5. The number of fused-ring (bicyclic) bond motifs is 4. The van der Waals surface area contributed by atoms with Crippen LogP contribution in [0.4, 0.5) is 0 Å². The van der Waals surface area contributed by atoms with E-state index in [1.807, 2.05) is 103 Å². The van der Waals surface area contributed by atoms with Gasteiger partial charge < -0.3 is 4.42 Å². The van der Waals surface area contributed by atoms with Gasteiger partial charge in [-0.25, -0.2) is 9.55 Å². The molecule has 0 aliphatic carbocycles. The van der Waals surface area contributed by atoms with Gasteiger partial charge in [0.2, 0.25) is 5.71 Å². The van der Waals surface area contributed by atoms with E-state index in [-0.39, 0.29) is 16.8 Å². The van der Waals surface area contributed by atoms with Crippen LogP contribution in [0.5, 0.6) is 0 Å². The molecular formula is C39H38N3O+. The molecule has 3 aromatic heterocycles. The summed E-state index contributed by atoms with van der Waals surface area (Å²) in [5.74, 6) is -3.84. The van der Waals surface area contributed by atoms with Crippen molar-refractivity contribution in [1.82, 2.24) is 9.55 Å². The molecule has 4 heteroatoms. The van der Waals surface area contributed by atoms with Crippen LogP contribution < -0.4 is 4.57 Å². The second kappa shape index (κ2) is 10.2. The summed E-state index contributed by atoms with van der Waals surface area (Å²) in [5, 5.41) is 1.66. The third kappa shape index (κ3) is 4.27. The van der Waals surface area contributed by atoms with Crippen LogP contribution in [-0.4, -0.2) is 9.55 Å². The minimum atomic E-state index is -2.81. The summed E-state index contributed by atoms with van der Waals surface area (Å²) in [6.07, 6.45) is 0. The summed E-state index contributed by atoms with van der Waals surface area (Å²) in [6.45, 7) is 0.872. The van der Waals surface area contributed by atoms with E-state index in [9.17, 15) is 2.74 Å². The fraction of sp³-hybridized carbons (Fsp3) is 0.231. The monoisotopic (exact) mass is 572 g/mol. The lowest BCUT2D eigenvalue weighted by Gasteiger charge is -2.18. The number of aromatic nitrogens is 3. The fourth-order valence-corrected chi connectivity index (χ4v) is 6.26. The molecule has 0 amide bonds. The summed E-state index contributed by atoms with van der Waals surface area (Å²) in [6, 6.07) is 28.3. The van der Waals surface area contributed by atoms with Crippen molar-refractivity contribution in [3.05, 3.63) is 113 Å². The number of para-hydroxylation sites is 1. The maximum Gasteiger partial charge on any atom is 0.299 e. The standard InChI is InChI=1S/C39H38N3O/c1-23(2)29-14-11-15-30(24(3)4)36(29)42-34-22-28(27-12-9-8-10-13-27)18-21-33(34)41(7)39(42)35-25(5)16-19-31-32-20-17-26(6)40-38(32)43-37(31)35/h8-24H,1-7H3/q+1/i1D3,3D3,23D,24D. The van der Waals surface area contributed by atoms with Crippen molar-refractivity contribution < 1.29 is 20.0 Å². The second-order valence-electron chi connectivity index (χ2n) is 11.3. The van der Waals surface area contributed by atoms with E-state index < -0.39 is 25.5 Å². The maximum absolute atomic E-state index is 9.39. The van der Waals surface area contributed by atoms with Gasteiger partial charge in [-0.15, -0.1) is 0 Å². The summed E-state index contributed by atoms with van der Waals surface area (Å²) in [5.41, 5.74) is 6.85. The molecule has 0 saturated carbocycles. The van der Waals surface area contributed by atoms with Crippen molar-refractivity contribution in [3.63, 3.8) is 0 Å². The Balaban J connectivity index is 1.74. The van der Waals surface area contributed by atoms with Crippen LogP contribution in [0.2, 0.25) is 0 Å². The molecule has 3 heterocycles. The van der Waals surface area contributed by atoms with E-state index in [0.717, 1.165) is 38.7 Å². The summed E-state index contributed by atoms with van der Waals surface area (Å²) in [4.78, 5) is 4.66. The maximum atomic E-state index is 9.39. The molecule has 0 saturated heterocycles. The predicted molar refractivity (Wildman–Crippen MR) is 178 cm³/mol. The van der Waals surface area contributed by atoms with Gasteiger partial charge in [0.25, 0.3) is 5.82 Å². The Kier molecular flexibility index (Phi) is 4.64. The highest BCUT2D eigenvalue weighted by molar-refractivity contribution is 6.09. The van der Waals surface area contributed by atoms with E-state index in [4.69, 9.17) is 12.6 Å². The number of benzene rings is 4. The van der Waals surface area contributed by atoms with Crippen LogP contribution in [0, 0.1) is 13.8 Å². The lowest BCUT2D eigenvalue weighted by Crippen LogP contribution is -2.30. The van der Waals surface area contributed by atoms with E-state index in [0.29, 0.717) is 28.2 Å². The highest BCUT2D eigenvalue weighted by Gasteiger charge is 2.34. The van der Waals surface area contributed by atoms with E-state index in [1.165, 1.54) is 13.8 Å². The van der Waals surface area contributed by atoms with E-state index >= 15 is 0 Å². The van der Waals surface area contributed by atoms with Crippen LogP contribution >= 0.6 is 0 Å². The number of imidazole rings is 1. The van der Waals surface area contributed by atoms with Crippen LogP contribution in [0.25, 0.3) is 61.3 Å². The zero-order valence-corrected chi connectivity index (χ0v) is 24.9. The Bertz CT molecular complexity index is 2440. The molecule has 7 aromatic rings. The largest absolute Gasteiger partial charge is 0.437 e. The molecule has 0 spiro atoms. The van der Waals surface area contributed by atoms with Crippen molar-refractivity contribution in [3.8, 4) is 28.2 Å². The molecular weight excluding hydrogens is 526 g/mol.